The summed E-state index contributed by atoms with van der Waals surface area (Å²) in [6.45, 7) is 8.74. The van der Waals surface area contributed by atoms with Gasteiger partial charge in [0.05, 0.1) is 24.1 Å². The van der Waals surface area contributed by atoms with Gasteiger partial charge in [0.2, 0.25) is 0 Å². The molecule has 0 fully saturated rings. The summed E-state index contributed by atoms with van der Waals surface area (Å²) < 4.78 is 32.6. The first-order valence-electron chi connectivity index (χ1n) is 8.76. The van der Waals surface area contributed by atoms with Crippen molar-refractivity contribution in [2.45, 2.75) is 47.0 Å². The molecule has 0 spiro atoms. The molecule has 136 valence electrons. The molecule has 2 aromatic rings. The largest absolute Gasteiger partial charge is 0.491 e. The van der Waals surface area contributed by atoms with Crippen molar-refractivity contribution >= 4 is 0 Å². The molecule has 0 N–H and O–H groups in total. The van der Waals surface area contributed by atoms with Gasteiger partial charge in [-0.15, -0.1) is 0 Å². The monoisotopic (exact) mass is 348 g/mol. The normalized spacial score (nSPS) is 12.6. The average molecular weight is 348 g/mol. The summed E-state index contributed by atoms with van der Waals surface area (Å²) in [5.41, 5.74) is 2.08. The van der Waals surface area contributed by atoms with Crippen LogP contribution in [0, 0.1) is 11.8 Å². The lowest BCUT2D eigenvalue weighted by molar-refractivity contribution is 0.142. The van der Waals surface area contributed by atoms with E-state index < -0.39 is 6.43 Å². The van der Waals surface area contributed by atoms with E-state index in [0.717, 1.165) is 24.1 Å². The van der Waals surface area contributed by atoms with Gasteiger partial charge >= 0.3 is 0 Å². The number of alkyl halides is 2. The Balaban J connectivity index is 2.22. The fraction of sp³-hybridized carbons (Fsp3) is 0.500. The van der Waals surface area contributed by atoms with Crippen LogP contribution >= 0.6 is 0 Å². The first-order valence-corrected chi connectivity index (χ1v) is 8.76. The molecular formula is C20H26F2N2O. The Morgan fingerprint density at radius 3 is 2.52 bits per heavy atom. The van der Waals surface area contributed by atoms with E-state index in [0.29, 0.717) is 24.1 Å². The molecular weight excluding hydrogens is 322 g/mol. The van der Waals surface area contributed by atoms with Crippen LogP contribution in [-0.2, 0) is 6.42 Å². The summed E-state index contributed by atoms with van der Waals surface area (Å²) in [4.78, 5) is 8.55. The lowest BCUT2D eigenvalue weighted by Crippen LogP contribution is -2.12. The molecule has 3 nitrogen and oxygen atoms in total. The standard InChI is InChI=1S/C20H26F2N2O/c1-5-16-9-15(6-7-23-16)18-10-17(20(21)22)19(11-24-18)25-12-14(4)8-13(2)3/h6-7,9-11,13-14,20H,5,8,12H2,1-4H3. The van der Waals surface area contributed by atoms with Crippen LogP contribution in [-0.4, -0.2) is 16.6 Å². The van der Waals surface area contributed by atoms with E-state index in [1.165, 1.54) is 12.3 Å². The lowest BCUT2D eigenvalue weighted by atomic mass is 10.00. The molecule has 2 rings (SSSR count). The van der Waals surface area contributed by atoms with Gasteiger partial charge in [-0.05, 0) is 42.9 Å². The highest BCUT2D eigenvalue weighted by molar-refractivity contribution is 5.61. The fourth-order valence-electron chi connectivity index (χ4n) is 2.84. The summed E-state index contributed by atoms with van der Waals surface area (Å²) in [6, 6.07) is 5.08. The minimum Gasteiger partial charge on any atom is -0.491 e. The molecule has 25 heavy (non-hydrogen) atoms. The Labute approximate surface area is 148 Å². The third-order valence-electron chi connectivity index (χ3n) is 4.00. The van der Waals surface area contributed by atoms with Crippen molar-refractivity contribution < 1.29 is 13.5 Å². The Morgan fingerprint density at radius 1 is 1.12 bits per heavy atom. The highest BCUT2D eigenvalue weighted by Gasteiger charge is 2.18. The maximum atomic E-state index is 13.5. The van der Waals surface area contributed by atoms with Crippen LogP contribution in [0.4, 0.5) is 8.78 Å². The van der Waals surface area contributed by atoms with Gasteiger partial charge in [0, 0.05) is 17.5 Å². The number of ether oxygens (including phenoxy) is 1. The van der Waals surface area contributed by atoms with Crippen LogP contribution in [0.25, 0.3) is 11.3 Å². The Kier molecular flexibility index (Phi) is 6.85. The third kappa shape index (κ3) is 5.48. The molecule has 0 saturated carbocycles. The zero-order valence-electron chi connectivity index (χ0n) is 15.3. The number of hydrogen-bond acceptors (Lipinski definition) is 3. The van der Waals surface area contributed by atoms with Gasteiger partial charge in [0.1, 0.15) is 5.75 Å². The van der Waals surface area contributed by atoms with E-state index in [-0.39, 0.29) is 11.3 Å². The van der Waals surface area contributed by atoms with Gasteiger partial charge in [-0.1, -0.05) is 27.7 Å². The van der Waals surface area contributed by atoms with E-state index in [9.17, 15) is 8.78 Å². The van der Waals surface area contributed by atoms with E-state index >= 15 is 0 Å². The summed E-state index contributed by atoms with van der Waals surface area (Å²) in [5.74, 6) is 1.02. The van der Waals surface area contributed by atoms with Crippen LogP contribution in [0.1, 0.15) is 51.8 Å². The van der Waals surface area contributed by atoms with E-state index in [1.54, 1.807) is 12.3 Å². The molecule has 2 heterocycles. The van der Waals surface area contributed by atoms with Gasteiger partial charge in [-0.2, -0.15) is 0 Å². The van der Waals surface area contributed by atoms with Crippen molar-refractivity contribution in [3.63, 3.8) is 0 Å². The Morgan fingerprint density at radius 2 is 1.88 bits per heavy atom. The van der Waals surface area contributed by atoms with Gasteiger partial charge in [-0.25, -0.2) is 8.78 Å². The molecule has 0 saturated heterocycles. The maximum Gasteiger partial charge on any atom is 0.267 e. The summed E-state index contributed by atoms with van der Waals surface area (Å²) in [7, 11) is 0. The van der Waals surface area contributed by atoms with E-state index in [2.05, 4.69) is 30.7 Å². The van der Waals surface area contributed by atoms with Crippen LogP contribution in [0.3, 0.4) is 0 Å². The molecule has 0 aliphatic rings. The van der Waals surface area contributed by atoms with Crippen molar-refractivity contribution in [3.8, 4) is 17.0 Å². The molecule has 1 unspecified atom stereocenters. The molecule has 0 amide bonds. The molecule has 0 bridgehead atoms. The molecule has 1 atom stereocenters. The number of halogens is 2. The number of rotatable bonds is 8. The molecule has 0 aliphatic carbocycles. The SMILES string of the molecule is CCc1cc(-c2cc(C(F)F)c(OCC(C)CC(C)C)cn2)ccn1. The molecule has 0 radical (unpaired) electrons. The smallest absolute Gasteiger partial charge is 0.267 e. The summed E-state index contributed by atoms with van der Waals surface area (Å²) in [6.07, 6.45) is 2.25. The van der Waals surface area contributed by atoms with Crippen LogP contribution < -0.4 is 4.74 Å². The van der Waals surface area contributed by atoms with Gasteiger partial charge in [0.25, 0.3) is 6.43 Å². The molecule has 0 aliphatic heterocycles. The van der Waals surface area contributed by atoms with Gasteiger partial charge in [0.15, 0.2) is 0 Å². The summed E-state index contributed by atoms with van der Waals surface area (Å²) >= 11 is 0. The molecule has 5 heteroatoms. The quantitative estimate of drug-likeness (QED) is 0.613. The number of hydrogen-bond donors (Lipinski definition) is 0. The molecule has 2 aromatic heterocycles. The predicted octanol–water partition coefficient (Wildman–Crippen LogP) is 5.70. The van der Waals surface area contributed by atoms with Crippen molar-refractivity contribution in [2.24, 2.45) is 11.8 Å². The zero-order chi connectivity index (χ0) is 18.4. The van der Waals surface area contributed by atoms with Crippen molar-refractivity contribution in [2.75, 3.05) is 6.61 Å². The van der Waals surface area contributed by atoms with Crippen molar-refractivity contribution in [3.05, 3.63) is 41.9 Å². The lowest BCUT2D eigenvalue weighted by Gasteiger charge is -2.17. The second-order valence-electron chi connectivity index (χ2n) is 6.84. The second-order valence-corrected chi connectivity index (χ2v) is 6.84. The van der Waals surface area contributed by atoms with Gasteiger partial charge in [-0.3, -0.25) is 9.97 Å². The fourth-order valence-corrected chi connectivity index (χ4v) is 2.84. The topological polar surface area (TPSA) is 35.0 Å². The Bertz CT molecular complexity index is 689. The minimum absolute atomic E-state index is 0.114. The first-order chi connectivity index (χ1) is 11.9. The number of nitrogens with zero attached hydrogens (tertiary/aromatic N) is 2. The van der Waals surface area contributed by atoms with E-state index in [4.69, 9.17) is 4.74 Å². The first kappa shape index (κ1) is 19.3. The predicted molar refractivity (Wildman–Crippen MR) is 95.9 cm³/mol. The number of aryl methyl sites for hydroxylation is 1. The molecule has 0 aromatic carbocycles. The second kappa shape index (κ2) is 8.88. The maximum absolute atomic E-state index is 13.5. The summed E-state index contributed by atoms with van der Waals surface area (Å²) in [5, 5.41) is 0. The Hall–Kier alpha value is -2.04. The third-order valence-corrected chi connectivity index (χ3v) is 4.00. The van der Waals surface area contributed by atoms with E-state index in [1.807, 2.05) is 13.0 Å². The highest BCUT2D eigenvalue weighted by Crippen LogP contribution is 2.32. The van der Waals surface area contributed by atoms with Gasteiger partial charge < -0.3 is 4.74 Å². The van der Waals surface area contributed by atoms with Crippen LogP contribution in [0.15, 0.2) is 30.6 Å². The van der Waals surface area contributed by atoms with Crippen LogP contribution in [0.5, 0.6) is 5.75 Å². The highest BCUT2D eigenvalue weighted by atomic mass is 19.3. The minimum atomic E-state index is -2.61. The van der Waals surface area contributed by atoms with Crippen LogP contribution in [0.2, 0.25) is 0 Å². The average Bonchev–Trinajstić information content (AvgIpc) is 2.59. The van der Waals surface area contributed by atoms with Crippen molar-refractivity contribution in [1.29, 1.82) is 0 Å². The van der Waals surface area contributed by atoms with Crippen molar-refractivity contribution in [1.82, 2.24) is 9.97 Å². The number of aromatic nitrogens is 2. The number of pyridine rings is 2. The zero-order valence-corrected chi connectivity index (χ0v) is 15.3.